The zero-order chi connectivity index (χ0) is 10.8. The van der Waals surface area contributed by atoms with Gasteiger partial charge in [-0.1, -0.05) is 0 Å². The summed E-state index contributed by atoms with van der Waals surface area (Å²) in [7, 11) is -3.98. The van der Waals surface area contributed by atoms with Crippen molar-refractivity contribution >= 4 is 21.7 Å². The van der Waals surface area contributed by atoms with Gasteiger partial charge in [0.2, 0.25) is 0 Å². The monoisotopic (exact) mass is 253 g/mol. The van der Waals surface area contributed by atoms with E-state index in [1.165, 1.54) is 24.3 Å². The number of amidine groups is 1. The largest absolute Gasteiger partial charge is 1.00 e. The smallest absolute Gasteiger partial charge is 0.846 e. The molecule has 0 radical (unpaired) electrons. The molecule has 0 atom stereocenters. The van der Waals surface area contributed by atoms with Gasteiger partial charge in [0, 0.05) is 5.69 Å². The number of hydrogen-bond acceptors (Lipinski definition) is 4. The van der Waals surface area contributed by atoms with E-state index in [2.05, 4.69) is 10.1 Å². The minimum atomic E-state index is -3.98. The number of anilines is 1. The van der Waals surface area contributed by atoms with Crippen molar-refractivity contribution in [3.63, 3.8) is 0 Å². The maximum Gasteiger partial charge on any atom is 1.00 e. The molecular formula is C7H8KN3O3S. The van der Waals surface area contributed by atoms with E-state index in [0.29, 0.717) is 5.69 Å². The van der Waals surface area contributed by atoms with Crippen LogP contribution in [0.2, 0.25) is 0 Å². The molecule has 6 nitrogen and oxygen atoms in total. The Balaban J connectivity index is 0.00000196. The first-order chi connectivity index (χ1) is 6.42. The van der Waals surface area contributed by atoms with Crippen LogP contribution in [0.4, 0.5) is 5.69 Å². The van der Waals surface area contributed by atoms with Crippen LogP contribution in [0.1, 0.15) is 0 Å². The van der Waals surface area contributed by atoms with Gasteiger partial charge in [-0.15, -0.1) is 0 Å². The standard InChI is InChI=1S/C7H9N3O3S.K/c8-5-1-3-6(4-2-5)14(12,13)10-7(9)11;/h1-4H,8H2,(H3,9,10,11);/q;+1/p-1. The molecule has 76 valence electrons. The summed E-state index contributed by atoms with van der Waals surface area (Å²) in [5.74, 6) is 0. The van der Waals surface area contributed by atoms with Crippen LogP contribution in [0.3, 0.4) is 0 Å². The Kier molecular flexibility index (Phi) is 5.78. The van der Waals surface area contributed by atoms with E-state index in [0.717, 1.165) is 0 Å². The summed E-state index contributed by atoms with van der Waals surface area (Å²) in [5.41, 5.74) is 10.4. The molecule has 0 amide bonds. The Morgan fingerprint density at radius 1 is 1.27 bits per heavy atom. The van der Waals surface area contributed by atoms with E-state index in [4.69, 9.17) is 5.73 Å². The van der Waals surface area contributed by atoms with Crippen LogP contribution in [0, 0.1) is 0 Å². The van der Waals surface area contributed by atoms with E-state index in [9.17, 15) is 13.5 Å². The van der Waals surface area contributed by atoms with Crippen LogP contribution in [0.25, 0.3) is 0 Å². The van der Waals surface area contributed by atoms with Crippen molar-refractivity contribution in [2.45, 2.75) is 4.90 Å². The molecule has 15 heavy (non-hydrogen) atoms. The van der Waals surface area contributed by atoms with Gasteiger partial charge in [-0.25, -0.2) is 0 Å². The Labute approximate surface area is 130 Å². The SMILES string of the molecule is NC([O-])=NS(=O)(=O)c1ccc(N)cc1.[K+]. The number of hydrogen-bond donors (Lipinski definition) is 2. The summed E-state index contributed by atoms with van der Waals surface area (Å²) in [6.45, 7) is 0. The Hall–Kier alpha value is -0.124. The second kappa shape index (κ2) is 5.82. The van der Waals surface area contributed by atoms with Crippen molar-refractivity contribution in [1.29, 1.82) is 0 Å². The number of nitrogens with two attached hydrogens (primary N) is 2. The summed E-state index contributed by atoms with van der Waals surface area (Å²) in [6, 6.07) is 4.03. The third-order valence-electron chi connectivity index (χ3n) is 1.39. The van der Waals surface area contributed by atoms with Crippen molar-refractivity contribution in [3.8, 4) is 0 Å². The molecule has 4 N–H and O–H groups in total. The van der Waals surface area contributed by atoms with Gasteiger partial charge in [0.25, 0.3) is 10.0 Å². The minimum Gasteiger partial charge on any atom is -0.846 e. The van der Waals surface area contributed by atoms with Crippen LogP contribution < -0.4 is 68.0 Å². The van der Waals surface area contributed by atoms with Crippen LogP contribution in [0.5, 0.6) is 0 Å². The maximum atomic E-state index is 11.2. The average molecular weight is 253 g/mol. The fourth-order valence-electron chi connectivity index (χ4n) is 0.811. The first-order valence-corrected chi connectivity index (χ1v) is 4.99. The predicted molar refractivity (Wildman–Crippen MR) is 49.7 cm³/mol. The zero-order valence-electron chi connectivity index (χ0n) is 8.04. The average Bonchev–Trinajstić information content (AvgIpc) is 2.02. The number of rotatable bonds is 2. The van der Waals surface area contributed by atoms with Gasteiger partial charge in [-0.05, 0) is 24.3 Å². The Bertz CT molecular complexity index is 451. The number of nitrogen functional groups attached to an aromatic ring is 1. The van der Waals surface area contributed by atoms with Crippen molar-refractivity contribution in [2.24, 2.45) is 10.1 Å². The van der Waals surface area contributed by atoms with Gasteiger partial charge in [0.1, 0.15) is 0 Å². The fourth-order valence-corrected chi connectivity index (χ4v) is 1.63. The molecule has 0 aliphatic heterocycles. The van der Waals surface area contributed by atoms with Crippen molar-refractivity contribution in [2.75, 3.05) is 5.73 Å². The summed E-state index contributed by atoms with van der Waals surface area (Å²) < 4.78 is 25.3. The molecule has 0 aliphatic rings. The molecule has 0 bridgehead atoms. The molecule has 0 fully saturated rings. The summed E-state index contributed by atoms with van der Waals surface area (Å²) >= 11 is 0. The summed E-state index contributed by atoms with van der Waals surface area (Å²) in [5, 5.41) is 10.3. The van der Waals surface area contributed by atoms with Crippen molar-refractivity contribution in [1.82, 2.24) is 0 Å². The molecule has 0 saturated carbocycles. The van der Waals surface area contributed by atoms with Crippen LogP contribution in [0.15, 0.2) is 33.6 Å². The molecule has 1 rings (SSSR count). The first-order valence-electron chi connectivity index (χ1n) is 3.55. The zero-order valence-corrected chi connectivity index (χ0v) is 12.0. The molecular weight excluding hydrogens is 245 g/mol. The number of benzene rings is 1. The summed E-state index contributed by atoms with van der Waals surface area (Å²) in [6.07, 6.45) is 0. The molecule has 0 aromatic heterocycles. The van der Waals surface area contributed by atoms with Gasteiger partial charge < -0.3 is 16.6 Å². The molecule has 0 heterocycles. The van der Waals surface area contributed by atoms with Crippen LogP contribution in [-0.2, 0) is 10.0 Å². The third-order valence-corrected chi connectivity index (χ3v) is 2.68. The van der Waals surface area contributed by atoms with E-state index >= 15 is 0 Å². The molecule has 1 aromatic rings. The predicted octanol–water partition coefficient (Wildman–Crippen LogP) is -4.36. The van der Waals surface area contributed by atoms with Crippen molar-refractivity contribution < 1.29 is 64.9 Å². The molecule has 8 heteroatoms. The van der Waals surface area contributed by atoms with Gasteiger partial charge in [-0.2, -0.15) is 12.8 Å². The van der Waals surface area contributed by atoms with Gasteiger partial charge in [0.05, 0.1) is 10.9 Å². The van der Waals surface area contributed by atoms with Gasteiger partial charge in [-0.3, -0.25) is 0 Å². The Morgan fingerprint density at radius 3 is 2.13 bits per heavy atom. The number of nitrogens with zero attached hydrogens (tertiary/aromatic N) is 1. The van der Waals surface area contributed by atoms with E-state index < -0.39 is 16.0 Å². The normalized spacial score (nSPS) is 11.9. The van der Waals surface area contributed by atoms with E-state index in [-0.39, 0.29) is 56.3 Å². The molecule has 1 aromatic carbocycles. The molecule has 0 unspecified atom stereocenters. The molecule has 0 aliphatic carbocycles. The van der Waals surface area contributed by atoms with E-state index in [1.54, 1.807) is 0 Å². The molecule has 0 saturated heterocycles. The topological polar surface area (TPSA) is 122 Å². The fraction of sp³-hybridized carbons (Fsp3) is 0. The second-order valence-electron chi connectivity index (χ2n) is 2.47. The van der Waals surface area contributed by atoms with Crippen LogP contribution >= 0.6 is 0 Å². The van der Waals surface area contributed by atoms with Gasteiger partial charge >= 0.3 is 51.4 Å². The minimum absolute atomic E-state index is 0. The van der Waals surface area contributed by atoms with Gasteiger partial charge in [0.15, 0.2) is 0 Å². The summed E-state index contributed by atoms with van der Waals surface area (Å²) in [4.78, 5) is -0.120. The second-order valence-corrected chi connectivity index (χ2v) is 4.08. The number of sulfonamides is 1. The van der Waals surface area contributed by atoms with Crippen LogP contribution in [-0.4, -0.2) is 14.4 Å². The van der Waals surface area contributed by atoms with Crippen molar-refractivity contribution in [3.05, 3.63) is 24.3 Å². The molecule has 0 spiro atoms. The maximum absolute atomic E-state index is 11.2. The Morgan fingerprint density at radius 2 is 1.73 bits per heavy atom. The third kappa shape index (κ3) is 4.49. The quantitative estimate of drug-likeness (QED) is 0.239. The first kappa shape index (κ1) is 14.9. The van der Waals surface area contributed by atoms with E-state index in [1.807, 2.05) is 0 Å².